The highest BCUT2D eigenvalue weighted by atomic mass is 35.5. The lowest BCUT2D eigenvalue weighted by molar-refractivity contribution is -0.118. The summed E-state index contributed by atoms with van der Waals surface area (Å²) in [5.74, 6) is -0.482. The fraction of sp³-hybridized carbons (Fsp3) is 0.115. The smallest absolute Gasteiger partial charge is 0.333 e. The number of hydrogen-bond donors (Lipinski definition) is 2. The zero-order valence-corrected chi connectivity index (χ0v) is 20.8. The molecule has 0 unspecified atom stereocenters. The van der Waals surface area contributed by atoms with Gasteiger partial charge < -0.3 is 20.1 Å². The van der Waals surface area contributed by atoms with E-state index in [-0.39, 0.29) is 34.7 Å². The van der Waals surface area contributed by atoms with Gasteiger partial charge in [0.1, 0.15) is 5.70 Å². The molecular weight excluding hydrogens is 505 g/mol. The third kappa shape index (κ3) is 5.62. The maximum Gasteiger partial charge on any atom is 0.333 e. The molecule has 1 fully saturated rings. The normalized spacial score (nSPS) is 14.1. The minimum absolute atomic E-state index is 0.0548. The average Bonchev–Trinajstić information content (AvgIpc) is 3.12. The van der Waals surface area contributed by atoms with Crippen LogP contribution in [0.2, 0.25) is 10.0 Å². The van der Waals surface area contributed by atoms with Gasteiger partial charge in [-0.25, -0.2) is 9.69 Å². The van der Waals surface area contributed by atoms with Gasteiger partial charge in [-0.05, 0) is 67.1 Å². The Morgan fingerprint density at radius 3 is 2.42 bits per heavy atom. The number of methoxy groups -OCH3 is 1. The first kappa shape index (κ1) is 25.1. The molecule has 0 atom stereocenters. The molecule has 0 aromatic heterocycles. The predicted octanol–water partition coefficient (Wildman–Crippen LogP) is 5.43. The summed E-state index contributed by atoms with van der Waals surface area (Å²) in [4.78, 5) is 38.6. The Bertz CT molecular complexity index is 1360. The number of imide groups is 1. The molecule has 8 nitrogen and oxygen atoms in total. The van der Waals surface area contributed by atoms with E-state index in [1.54, 1.807) is 42.5 Å². The number of nitrogens with one attached hydrogen (secondary N) is 2. The second kappa shape index (κ2) is 10.7. The fourth-order valence-electron chi connectivity index (χ4n) is 3.46. The van der Waals surface area contributed by atoms with Crippen LogP contribution in [-0.4, -0.2) is 31.6 Å². The van der Waals surface area contributed by atoms with E-state index < -0.39 is 11.9 Å². The Hall–Kier alpha value is -4.01. The fourth-order valence-corrected chi connectivity index (χ4v) is 3.86. The van der Waals surface area contributed by atoms with Crippen LogP contribution in [0, 0.1) is 6.92 Å². The van der Waals surface area contributed by atoms with Gasteiger partial charge in [-0.2, -0.15) is 0 Å². The molecule has 0 bridgehead atoms. The molecule has 0 aliphatic carbocycles. The summed E-state index contributed by atoms with van der Waals surface area (Å²) in [6.45, 7) is 1.66. The van der Waals surface area contributed by atoms with E-state index in [0.717, 1.165) is 10.5 Å². The van der Waals surface area contributed by atoms with Crippen LogP contribution in [0.3, 0.4) is 0 Å². The molecule has 184 valence electrons. The third-order valence-corrected chi connectivity index (χ3v) is 5.74. The second-order valence-electron chi connectivity index (χ2n) is 7.84. The van der Waals surface area contributed by atoms with Crippen molar-refractivity contribution in [2.45, 2.75) is 6.92 Å². The molecular formula is C26H21Cl2N3O5. The summed E-state index contributed by atoms with van der Waals surface area (Å²) in [6.07, 6.45) is 1.47. The predicted molar refractivity (Wildman–Crippen MR) is 139 cm³/mol. The first-order valence-electron chi connectivity index (χ1n) is 10.7. The van der Waals surface area contributed by atoms with Crippen molar-refractivity contribution in [2.24, 2.45) is 0 Å². The number of carbonyl (C=O) groups excluding carboxylic acids is 3. The SMILES string of the molecule is COc1cc(/C=C2/NC(=O)N(c3ccc(Cl)cc3)C2=O)cc(Cl)c1OCC(=O)Nc1ccc(C)cc1. The van der Waals surface area contributed by atoms with Crippen LogP contribution in [0.1, 0.15) is 11.1 Å². The van der Waals surface area contributed by atoms with Gasteiger partial charge >= 0.3 is 6.03 Å². The van der Waals surface area contributed by atoms with Gasteiger partial charge in [0, 0.05) is 10.7 Å². The van der Waals surface area contributed by atoms with Crippen molar-refractivity contribution >= 4 is 58.5 Å². The molecule has 4 amide bonds. The summed E-state index contributed by atoms with van der Waals surface area (Å²) in [6, 6.07) is 16.2. The van der Waals surface area contributed by atoms with Crippen molar-refractivity contribution in [3.8, 4) is 11.5 Å². The number of rotatable bonds is 7. The Morgan fingerprint density at radius 2 is 1.75 bits per heavy atom. The van der Waals surface area contributed by atoms with E-state index in [0.29, 0.717) is 22.0 Å². The molecule has 36 heavy (non-hydrogen) atoms. The van der Waals surface area contributed by atoms with Crippen LogP contribution in [-0.2, 0) is 9.59 Å². The van der Waals surface area contributed by atoms with Crippen molar-refractivity contribution in [2.75, 3.05) is 23.9 Å². The van der Waals surface area contributed by atoms with E-state index in [9.17, 15) is 14.4 Å². The molecule has 1 aliphatic heterocycles. The third-order valence-electron chi connectivity index (χ3n) is 5.21. The standard InChI is InChI=1S/C26H21Cl2N3O5/c1-15-3-7-18(8-4-15)29-23(32)14-36-24-20(28)11-16(13-22(24)35-2)12-21-25(33)31(26(34)30-21)19-9-5-17(27)6-10-19/h3-13H,14H2,1-2H3,(H,29,32)(H,30,34)/b21-12+. The average molecular weight is 526 g/mol. The number of ether oxygens (including phenoxy) is 2. The number of halogens is 2. The first-order chi connectivity index (χ1) is 17.2. The minimum atomic E-state index is -0.592. The van der Waals surface area contributed by atoms with E-state index in [1.165, 1.54) is 19.3 Å². The lowest BCUT2D eigenvalue weighted by Gasteiger charge is -2.14. The van der Waals surface area contributed by atoms with Crippen molar-refractivity contribution < 1.29 is 23.9 Å². The lowest BCUT2D eigenvalue weighted by Crippen LogP contribution is -2.30. The van der Waals surface area contributed by atoms with Crippen molar-refractivity contribution in [3.05, 3.63) is 87.5 Å². The van der Waals surface area contributed by atoms with Crippen LogP contribution < -0.4 is 25.0 Å². The number of hydrogen-bond acceptors (Lipinski definition) is 5. The van der Waals surface area contributed by atoms with Crippen molar-refractivity contribution in [1.29, 1.82) is 0 Å². The number of anilines is 2. The highest BCUT2D eigenvalue weighted by Gasteiger charge is 2.35. The molecule has 0 spiro atoms. The molecule has 0 saturated carbocycles. The van der Waals surface area contributed by atoms with Gasteiger partial charge in [-0.3, -0.25) is 9.59 Å². The van der Waals surface area contributed by atoms with Crippen LogP contribution in [0.25, 0.3) is 6.08 Å². The van der Waals surface area contributed by atoms with Gasteiger partial charge in [0.05, 0.1) is 17.8 Å². The minimum Gasteiger partial charge on any atom is -0.493 e. The van der Waals surface area contributed by atoms with E-state index >= 15 is 0 Å². The summed E-state index contributed by atoms with van der Waals surface area (Å²) >= 11 is 12.3. The summed E-state index contributed by atoms with van der Waals surface area (Å²) in [5, 5.41) is 5.94. The molecule has 0 radical (unpaired) electrons. The zero-order valence-electron chi connectivity index (χ0n) is 19.3. The van der Waals surface area contributed by atoms with E-state index in [2.05, 4.69) is 10.6 Å². The van der Waals surface area contributed by atoms with Crippen LogP contribution in [0.4, 0.5) is 16.2 Å². The van der Waals surface area contributed by atoms with Gasteiger partial charge in [0.2, 0.25) is 0 Å². The number of carbonyl (C=O) groups is 3. The highest BCUT2D eigenvalue weighted by Crippen LogP contribution is 2.37. The highest BCUT2D eigenvalue weighted by molar-refractivity contribution is 6.33. The Kier molecular flexibility index (Phi) is 7.47. The number of nitrogens with zero attached hydrogens (tertiary/aromatic N) is 1. The molecule has 1 saturated heterocycles. The summed E-state index contributed by atoms with van der Waals surface area (Å²) in [5.41, 5.74) is 2.64. The quantitative estimate of drug-likeness (QED) is 0.316. The van der Waals surface area contributed by atoms with Crippen LogP contribution >= 0.6 is 23.2 Å². The van der Waals surface area contributed by atoms with Crippen molar-refractivity contribution in [1.82, 2.24) is 5.32 Å². The molecule has 1 aliphatic rings. The Labute approximate surface area is 217 Å². The summed E-state index contributed by atoms with van der Waals surface area (Å²) < 4.78 is 11.0. The molecule has 10 heteroatoms. The van der Waals surface area contributed by atoms with Gasteiger partial charge in [0.25, 0.3) is 11.8 Å². The number of amides is 4. The topological polar surface area (TPSA) is 97.0 Å². The summed E-state index contributed by atoms with van der Waals surface area (Å²) in [7, 11) is 1.42. The second-order valence-corrected chi connectivity index (χ2v) is 8.69. The number of urea groups is 1. The molecule has 3 aromatic rings. The van der Waals surface area contributed by atoms with Crippen LogP contribution in [0.15, 0.2) is 66.4 Å². The zero-order chi connectivity index (χ0) is 25.8. The van der Waals surface area contributed by atoms with Gasteiger partial charge in [-0.1, -0.05) is 40.9 Å². The van der Waals surface area contributed by atoms with Crippen LogP contribution in [0.5, 0.6) is 11.5 Å². The maximum absolute atomic E-state index is 12.9. The Morgan fingerprint density at radius 1 is 1.06 bits per heavy atom. The molecule has 4 rings (SSSR count). The first-order valence-corrected chi connectivity index (χ1v) is 11.5. The van der Waals surface area contributed by atoms with Gasteiger partial charge in [0.15, 0.2) is 18.1 Å². The molecule has 3 aromatic carbocycles. The van der Waals surface area contributed by atoms with Crippen molar-refractivity contribution in [3.63, 3.8) is 0 Å². The Balaban J connectivity index is 1.49. The lowest BCUT2D eigenvalue weighted by atomic mass is 10.1. The molecule has 1 heterocycles. The molecule has 2 N–H and O–H groups in total. The maximum atomic E-state index is 12.9. The number of benzene rings is 3. The monoisotopic (exact) mass is 525 g/mol. The largest absolute Gasteiger partial charge is 0.493 e. The van der Waals surface area contributed by atoms with E-state index in [4.69, 9.17) is 32.7 Å². The number of aryl methyl sites for hydroxylation is 1. The van der Waals surface area contributed by atoms with Gasteiger partial charge in [-0.15, -0.1) is 0 Å². The van der Waals surface area contributed by atoms with E-state index in [1.807, 2.05) is 19.1 Å².